The third-order valence-corrected chi connectivity index (χ3v) is 6.10. The maximum atomic E-state index is 12.2. The van der Waals surface area contributed by atoms with Gasteiger partial charge in [0.05, 0.1) is 11.7 Å². The summed E-state index contributed by atoms with van der Waals surface area (Å²) in [4.78, 5) is 19.5. The van der Waals surface area contributed by atoms with Crippen LogP contribution in [-0.2, 0) is 11.3 Å². The van der Waals surface area contributed by atoms with E-state index in [0.29, 0.717) is 12.5 Å². The number of amides is 1. The summed E-state index contributed by atoms with van der Waals surface area (Å²) in [5, 5.41) is 7.90. The van der Waals surface area contributed by atoms with Gasteiger partial charge in [-0.15, -0.1) is 0 Å². The predicted octanol–water partition coefficient (Wildman–Crippen LogP) is 2.76. The highest BCUT2D eigenvalue weighted by Crippen LogP contribution is 2.33. The molecule has 1 amide bonds. The molecule has 2 atom stereocenters. The fourth-order valence-electron chi connectivity index (χ4n) is 4.85. The first-order valence-corrected chi connectivity index (χ1v) is 9.82. The first kappa shape index (κ1) is 17.5. The lowest BCUT2D eigenvalue weighted by Gasteiger charge is -2.41. The number of aryl methyl sites for hydroxylation is 2. The van der Waals surface area contributed by atoms with Crippen LogP contribution in [0.15, 0.2) is 12.3 Å². The second kappa shape index (κ2) is 6.65. The van der Waals surface area contributed by atoms with Crippen LogP contribution in [0.5, 0.6) is 0 Å². The molecule has 4 heterocycles. The first-order chi connectivity index (χ1) is 12.5. The molecule has 0 aromatic carbocycles. The monoisotopic (exact) mass is 355 g/mol. The Morgan fingerprint density at radius 2 is 2.15 bits per heavy atom. The summed E-state index contributed by atoms with van der Waals surface area (Å²) in [5.74, 6) is 0.209. The molecule has 26 heavy (non-hydrogen) atoms. The first-order valence-electron chi connectivity index (χ1n) is 9.82. The summed E-state index contributed by atoms with van der Waals surface area (Å²) in [6.07, 6.45) is 8.05. The van der Waals surface area contributed by atoms with Gasteiger partial charge in [-0.3, -0.25) is 9.69 Å². The van der Waals surface area contributed by atoms with Crippen molar-refractivity contribution in [2.24, 2.45) is 0 Å². The third kappa shape index (κ3) is 3.11. The van der Waals surface area contributed by atoms with Gasteiger partial charge in [0.15, 0.2) is 5.65 Å². The van der Waals surface area contributed by atoms with Gasteiger partial charge in [-0.1, -0.05) is 0 Å². The van der Waals surface area contributed by atoms with Crippen LogP contribution in [0.1, 0.15) is 62.4 Å². The Balaban J connectivity index is 1.67. The molecule has 2 aromatic heterocycles. The number of nitrogens with zero attached hydrogens (tertiary/aromatic N) is 4. The molecule has 0 radical (unpaired) electrons. The van der Waals surface area contributed by atoms with Gasteiger partial charge >= 0.3 is 0 Å². The highest BCUT2D eigenvalue weighted by atomic mass is 16.1. The number of hydrogen-bond donors (Lipinski definition) is 1. The van der Waals surface area contributed by atoms with Gasteiger partial charge in [0, 0.05) is 36.0 Å². The molecule has 2 aliphatic rings. The molecule has 2 fully saturated rings. The van der Waals surface area contributed by atoms with E-state index in [1.807, 2.05) is 17.6 Å². The highest BCUT2D eigenvalue weighted by molar-refractivity contribution is 5.77. The fraction of sp³-hybridized carbons (Fsp3) is 0.650. The second-order valence-electron chi connectivity index (χ2n) is 8.25. The summed E-state index contributed by atoms with van der Waals surface area (Å²) in [6.45, 7) is 8.26. The molecule has 0 bridgehead atoms. The summed E-state index contributed by atoms with van der Waals surface area (Å²) >= 11 is 0. The summed E-state index contributed by atoms with van der Waals surface area (Å²) in [6, 6.07) is 2.44. The van der Waals surface area contributed by atoms with Crippen molar-refractivity contribution >= 4 is 11.6 Å². The summed E-state index contributed by atoms with van der Waals surface area (Å²) < 4.78 is 1.94. The zero-order chi connectivity index (χ0) is 18.3. The van der Waals surface area contributed by atoms with Crippen molar-refractivity contribution in [3.8, 4) is 0 Å². The number of carbonyl (C=O) groups excluding carboxylic acids is 1. The molecular formula is C20H29N5O. The molecule has 6 heteroatoms. The Morgan fingerprint density at radius 1 is 1.31 bits per heavy atom. The lowest BCUT2D eigenvalue weighted by molar-refractivity contribution is -0.122. The molecule has 0 aliphatic carbocycles. The van der Waals surface area contributed by atoms with Crippen molar-refractivity contribution < 1.29 is 4.79 Å². The molecule has 140 valence electrons. The normalized spacial score (nSPS) is 27.7. The Labute approximate surface area is 155 Å². The van der Waals surface area contributed by atoms with Crippen LogP contribution < -0.4 is 5.32 Å². The Hall–Kier alpha value is -1.95. The summed E-state index contributed by atoms with van der Waals surface area (Å²) in [7, 11) is 0. The van der Waals surface area contributed by atoms with E-state index in [9.17, 15) is 4.79 Å². The minimum atomic E-state index is -0.133. The zero-order valence-corrected chi connectivity index (χ0v) is 16.1. The van der Waals surface area contributed by atoms with Gasteiger partial charge in [-0.25, -0.2) is 9.50 Å². The van der Waals surface area contributed by atoms with Crippen molar-refractivity contribution in [1.82, 2.24) is 24.8 Å². The lowest BCUT2D eigenvalue weighted by Crippen LogP contribution is -2.58. The van der Waals surface area contributed by atoms with Gasteiger partial charge in [0.1, 0.15) is 0 Å². The van der Waals surface area contributed by atoms with Crippen LogP contribution >= 0.6 is 0 Å². The van der Waals surface area contributed by atoms with Crippen LogP contribution in [0.3, 0.4) is 0 Å². The number of likely N-dealkylation sites (tertiary alicyclic amines) is 1. The molecule has 4 rings (SSSR count). The molecular weight excluding hydrogens is 326 g/mol. The van der Waals surface area contributed by atoms with Crippen molar-refractivity contribution in [1.29, 1.82) is 0 Å². The zero-order valence-electron chi connectivity index (χ0n) is 16.1. The number of nitrogens with one attached hydrogen (secondary N) is 1. The van der Waals surface area contributed by atoms with Crippen molar-refractivity contribution in [2.45, 2.75) is 77.4 Å². The molecule has 0 unspecified atom stereocenters. The van der Waals surface area contributed by atoms with E-state index < -0.39 is 0 Å². The van der Waals surface area contributed by atoms with Crippen LogP contribution in [0.25, 0.3) is 5.65 Å². The lowest BCUT2D eigenvalue weighted by atomic mass is 9.85. The highest BCUT2D eigenvalue weighted by Gasteiger charge is 2.42. The fourth-order valence-corrected chi connectivity index (χ4v) is 4.85. The van der Waals surface area contributed by atoms with Crippen LogP contribution in [0, 0.1) is 13.8 Å². The smallest absolute Gasteiger partial charge is 0.220 e. The molecule has 6 nitrogen and oxygen atoms in total. The maximum Gasteiger partial charge on any atom is 0.220 e. The van der Waals surface area contributed by atoms with Crippen LogP contribution in [0.2, 0.25) is 0 Å². The third-order valence-electron chi connectivity index (χ3n) is 6.10. The van der Waals surface area contributed by atoms with E-state index in [4.69, 9.17) is 4.98 Å². The predicted molar refractivity (Wildman–Crippen MR) is 101 cm³/mol. The minimum absolute atomic E-state index is 0.133. The number of carbonyl (C=O) groups is 1. The molecule has 0 saturated carbocycles. The van der Waals surface area contributed by atoms with Gasteiger partial charge in [0.2, 0.25) is 5.91 Å². The van der Waals surface area contributed by atoms with Crippen molar-refractivity contribution in [3.63, 3.8) is 0 Å². The molecule has 2 aliphatic heterocycles. The second-order valence-corrected chi connectivity index (χ2v) is 8.25. The van der Waals surface area contributed by atoms with Gasteiger partial charge in [-0.05, 0) is 65.5 Å². The van der Waals surface area contributed by atoms with E-state index in [1.54, 1.807) is 0 Å². The summed E-state index contributed by atoms with van der Waals surface area (Å²) in [5.41, 5.74) is 4.15. The molecule has 0 spiro atoms. The standard InChI is InChI=1S/C20H29N5O/c1-14-11-15(2)25-19(22-14)16(12-21-25)13-24-10-5-4-9-20(3)17(24)7-6-8-18(26)23-20/h11-12,17H,4-10,13H2,1-3H3,(H,23,26)/t17-,20-/m0/s1. The van der Waals surface area contributed by atoms with Crippen molar-refractivity contribution in [3.05, 3.63) is 29.2 Å². The van der Waals surface area contributed by atoms with Gasteiger partial charge < -0.3 is 5.32 Å². The van der Waals surface area contributed by atoms with Crippen LogP contribution in [0.4, 0.5) is 0 Å². The van der Waals surface area contributed by atoms with E-state index in [2.05, 4.69) is 35.2 Å². The Morgan fingerprint density at radius 3 is 3.00 bits per heavy atom. The average Bonchev–Trinajstić information content (AvgIpc) is 2.81. The molecule has 2 aromatic rings. The Kier molecular flexibility index (Phi) is 4.47. The molecule has 1 N–H and O–H groups in total. The van der Waals surface area contributed by atoms with E-state index in [-0.39, 0.29) is 11.4 Å². The van der Waals surface area contributed by atoms with Gasteiger partial charge in [-0.2, -0.15) is 5.10 Å². The van der Waals surface area contributed by atoms with E-state index in [1.165, 1.54) is 12.0 Å². The largest absolute Gasteiger partial charge is 0.349 e. The molecule has 2 saturated heterocycles. The average molecular weight is 355 g/mol. The van der Waals surface area contributed by atoms with Gasteiger partial charge in [0.25, 0.3) is 0 Å². The number of fused-ring (bicyclic) bond motifs is 2. The van der Waals surface area contributed by atoms with Crippen LogP contribution in [-0.4, -0.2) is 43.5 Å². The Bertz CT molecular complexity index is 829. The maximum absolute atomic E-state index is 12.2. The number of hydrogen-bond acceptors (Lipinski definition) is 4. The number of aromatic nitrogens is 3. The number of rotatable bonds is 2. The quantitative estimate of drug-likeness (QED) is 0.900. The van der Waals surface area contributed by atoms with E-state index in [0.717, 1.165) is 55.8 Å². The minimum Gasteiger partial charge on any atom is -0.349 e. The van der Waals surface area contributed by atoms with Crippen molar-refractivity contribution in [2.75, 3.05) is 6.54 Å². The topological polar surface area (TPSA) is 62.5 Å². The SMILES string of the molecule is Cc1cc(C)n2ncc(CN3CCCC[C@]4(C)NC(=O)CCC[C@H]34)c2n1. The van der Waals surface area contributed by atoms with E-state index >= 15 is 0 Å².